The van der Waals surface area contributed by atoms with Crippen LogP contribution in [0.1, 0.15) is 33.0 Å². The van der Waals surface area contributed by atoms with E-state index in [4.69, 9.17) is 4.42 Å². The van der Waals surface area contributed by atoms with E-state index in [1.165, 1.54) is 0 Å². The first-order valence-electron chi connectivity index (χ1n) is 7.62. The lowest BCUT2D eigenvalue weighted by Gasteiger charge is -2.16. The fraction of sp³-hybridized carbons (Fsp3) is 0.333. The lowest BCUT2D eigenvalue weighted by atomic mass is 9.92. The summed E-state index contributed by atoms with van der Waals surface area (Å²) >= 11 is 1.60. The quantitative estimate of drug-likeness (QED) is 0.761. The highest BCUT2D eigenvalue weighted by Crippen LogP contribution is 2.31. The summed E-state index contributed by atoms with van der Waals surface area (Å²) < 4.78 is 6.95. The predicted octanol–water partition coefficient (Wildman–Crippen LogP) is 4.61. The van der Waals surface area contributed by atoms with Crippen molar-refractivity contribution in [1.82, 2.24) is 10.3 Å². The highest BCUT2D eigenvalue weighted by Gasteiger charge is 2.16. The average Bonchev–Trinajstić information content (AvgIpc) is 3.09. The molecule has 120 valence electrons. The van der Waals surface area contributed by atoms with E-state index < -0.39 is 0 Å². The van der Waals surface area contributed by atoms with Gasteiger partial charge in [-0.2, -0.15) is 0 Å². The van der Waals surface area contributed by atoms with Crippen LogP contribution in [-0.2, 0) is 11.3 Å². The summed E-state index contributed by atoms with van der Waals surface area (Å²) in [5.74, 6) is 1.52. The second kappa shape index (κ2) is 6.16. The smallest absolute Gasteiger partial charge is 0.220 e. The van der Waals surface area contributed by atoms with Crippen molar-refractivity contribution in [3.8, 4) is 10.8 Å². The number of carbonyl (C=O) groups is 1. The summed E-state index contributed by atoms with van der Waals surface area (Å²) in [5.41, 5.74) is 0.961. The zero-order valence-corrected chi connectivity index (χ0v) is 14.4. The number of aromatic nitrogens is 1. The topological polar surface area (TPSA) is 55.1 Å². The number of thiazole rings is 1. The molecule has 0 atom stereocenters. The molecule has 4 nitrogen and oxygen atoms in total. The zero-order chi connectivity index (χ0) is 16.4. The third kappa shape index (κ3) is 3.99. The van der Waals surface area contributed by atoms with Crippen molar-refractivity contribution < 1.29 is 9.21 Å². The van der Waals surface area contributed by atoms with Crippen molar-refractivity contribution in [3.63, 3.8) is 0 Å². The van der Waals surface area contributed by atoms with Gasteiger partial charge in [0, 0.05) is 6.42 Å². The van der Waals surface area contributed by atoms with Crippen LogP contribution in [0.4, 0.5) is 0 Å². The molecule has 0 unspecified atom stereocenters. The number of hydrogen-bond acceptors (Lipinski definition) is 4. The third-order valence-corrected chi connectivity index (χ3v) is 4.37. The van der Waals surface area contributed by atoms with Gasteiger partial charge in [0.1, 0.15) is 5.76 Å². The van der Waals surface area contributed by atoms with Crippen molar-refractivity contribution in [2.45, 2.75) is 33.7 Å². The molecule has 1 N–H and O–H groups in total. The fourth-order valence-corrected chi connectivity index (χ4v) is 3.22. The van der Waals surface area contributed by atoms with Gasteiger partial charge in [0.2, 0.25) is 5.91 Å². The fourth-order valence-electron chi connectivity index (χ4n) is 2.30. The van der Waals surface area contributed by atoms with Gasteiger partial charge >= 0.3 is 0 Å². The van der Waals surface area contributed by atoms with Crippen LogP contribution in [0.5, 0.6) is 0 Å². The van der Waals surface area contributed by atoms with E-state index in [2.05, 4.69) is 10.3 Å². The summed E-state index contributed by atoms with van der Waals surface area (Å²) in [7, 11) is 0. The second-order valence-corrected chi connectivity index (χ2v) is 7.80. The largest absolute Gasteiger partial charge is 0.457 e. The number of hydrogen-bond donors (Lipinski definition) is 1. The van der Waals surface area contributed by atoms with Crippen molar-refractivity contribution in [2.75, 3.05) is 0 Å². The van der Waals surface area contributed by atoms with Crippen LogP contribution in [0.25, 0.3) is 21.0 Å². The zero-order valence-electron chi connectivity index (χ0n) is 13.6. The molecule has 3 rings (SSSR count). The Bertz CT molecular complexity index is 794. The standard InChI is InChI=1S/C18H20N2O2S/c1-18(2,3)10-16(21)19-11-12-8-9-14(22-12)17-20-13-6-4-5-7-15(13)23-17/h4-9H,10-11H2,1-3H3,(H,19,21). The van der Waals surface area contributed by atoms with Crippen LogP contribution in [-0.4, -0.2) is 10.9 Å². The molecule has 0 saturated carbocycles. The van der Waals surface area contributed by atoms with Gasteiger partial charge < -0.3 is 9.73 Å². The Morgan fingerprint density at radius 2 is 2.00 bits per heavy atom. The molecule has 2 heterocycles. The van der Waals surface area contributed by atoms with Gasteiger partial charge in [-0.05, 0) is 29.7 Å². The van der Waals surface area contributed by atoms with E-state index in [1.807, 2.05) is 57.2 Å². The number of carbonyl (C=O) groups excluding carboxylic acids is 1. The molecule has 1 aromatic carbocycles. The SMILES string of the molecule is CC(C)(C)CC(=O)NCc1ccc(-c2nc3ccccc3s2)o1. The number of furan rings is 1. The molecule has 0 fully saturated rings. The molecule has 5 heteroatoms. The van der Waals surface area contributed by atoms with Crippen LogP contribution >= 0.6 is 11.3 Å². The molecule has 0 aliphatic heterocycles. The molecule has 0 radical (unpaired) electrons. The van der Waals surface area contributed by atoms with E-state index >= 15 is 0 Å². The number of amides is 1. The molecule has 0 aliphatic carbocycles. The molecular formula is C18H20N2O2S. The summed E-state index contributed by atoms with van der Waals surface area (Å²) in [4.78, 5) is 16.4. The average molecular weight is 328 g/mol. The number of nitrogens with zero attached hydrogens (tertiary/aromatic N) is 1. The van der Waals surface area contributed by atoms with Crippen LogP contribution in [0.3, 0.4) is 0 Å². The van der Waals surface area contributed by atoms with Gasteiger partial charge in [-0.3, -0.25) is 4.79 Å². The van der Waals surface area contributed by atoms with Gasteiger partial charge in [-0.1, -0.05) is 32.9 Å². The molecule has 3 aromatic rings. The van der Waals surface area contributed by atoms with E-state index in [9.17, 15) is 4.79 Å². The molecule has 0 spiro atoms. The normalized spacial score (nSPS) is 11.8. The highest BCUT2D eigenvalue weighted by atomic mass is 32.1. The van der Waals surface area contributed by atoms with Crippen molar-refractivity contribution in [3.05, 3.63) is 42.2 Å². The Balaban J connectivity index is 1.67. The maximum atomic E-state index is 11.9. The van der Waals surface area contributed by atoms with Crippen molar-refractivity contribution in [1.29, 1.82) is 0 Å². The van der Waals surface area contributed by atoms with Crippen LogP contribution in [0, 0.1) is 5.41 Å². The minimum atomic E-state index is -0.0145. The van der Waals surface area contributed by atoms with Gasteiger partial charge in [0.15, 0.2) is 10.8 Å². The summed E-state index contributed by atoms with van der Waals surface area (Å²) in [6.07, 6.45) is 0.498. The number of fused-ring (bicyclic) bond motifs is 1. The molecule has 0 saturated heterocycles. The third-order valence-electron chi connectivity index (χ3n) is 3.32. The van der Waals surface area contributed by atoms with Crippen LogP contribution < -0.4 is 5.32 Å². The number of nitrogens with one attached hydrogen (secondary N) is 1. The number of para-hydroxylation sites is 1. The summed E-state index contributed by atoms with van der Waals surface area (Å²) in [6.45, 7) is 6.54. The van der Waals surface area contributed by atoms with Gasteiger partial charge in [-0.25, -0.2) is 4.98 Å². The van der Waals surface area contributed by atoms with Gasteiger partial charge in [-0.15, -0.1) is 11.3 Å². The first-order chi connectivity index (χ1) is 10.9. The molecule has 0 aliphatic rings. The highest BCUT2D eigenvalue weighted by molar-refractivity contribution is 7.21. The maximum Gasteiger partial charge on any atom is 0.220 e. The lowest BCUT2D eigenvalue weighted by Crippen LogP contribution is -2.26. The Hall–Kier alpha value is -2.14. The molecule has 0 bridgehead atoms. The van der Waals surface area contributed by atoms with Gasteiger partial charge in [0.25, 0.3) is 0 Å². The van der Waals surface area contributed by atoms with Gasteiger partial charge in [0.05, 0.1) is 16.8 Å². The van der Waals surface area contributed by atoms with E-state index in [1.54, 1.807) is 11.3 Å². The Labute approximate surface area is 139 Å². The maximum absolute atomic E-state index is 11.9. The summed E-state index contributed by atoms with van der Waals surface area (Å²) in [6, 6.07) is 11.8. The van der Waals surface area contributed by atoms with E-state index in [0.29, 0.717) is 13.0 Å². The van der Waals surface area contributed by atoms with Crippen LogP contribution in [0.2, 0.25) is 0 Å². The first-order valence-corrected chi connectivity index (χ1v) is 8.44. The summed E-state index contributed by atoms with van der Waals surface area (Å²) in [5, 5.41) is 3.76. The second-order valence-electron chi connectivity index (χ2n) is 6.77. The molecule has 1 amide bonds. The van der Waals surface area contributed by atoms with Crippen molar-refractivity contribution >= 4 is 27.5 Å². The predicted molar refractivity (Wildman–Crippen MR) is 93.2 cm³/mol. The Kier molecular flexibility index (Phi) is 4.22. The number of benzene rings is 1. The van der Waals surface area contributed by atoms with Crippen molar-refractivity contribution in [2.24, 2.45) is 5.41 Å². The first kappa shape index (κ1) is 15.7. The van der Waals surface area contributed by atoms with E-state index in [-0.39, 0.29) is 11.3 Å². The molecule has 23 heavy (non-hydrogen) atoms. The lowest BCUT2D eigenvalue weighted by molar-refractivity contribution is -0.123. The molecular weight excluding hydrogens is 308 g/mol. The minimum Gasteiger partial charge on any atom is -0.457 e. The number of rotatable bonds is 4. The van der Waals surface area contributed by atoms with Crippen LogP contribution in [0.15, 0.2) is 40.8 Å². The van der Waals surface area contributed by atoms with E-state index in [0.717, 1.165) is 26.7 Å². The molecule has 2 aromatic heterocycles. The Morgan fingerprint density at radius 1 is 1.22 bits per heavy atom. The minimum absolute atomic E-state index is 0.0145. The Morgan fingerprint density at radius 3 is 2.74 bits per heavy atom. The monoisotopic (exact) mass is 328 g/mol.